The average Bonchev–Trinajstić information content (AvgIpc) is 3.35. The molecule has 0 spiro atoms. The maximum Gasteiger partial charge on any atom is 0.313 e. The molecule has 0 aliphatic carbocycles. The van der Waals surface area contributed by atoms with Crippen molar-refractivity contribution >= 4 is 39.1 Å². The highest BCUT2D eigenvalue weighted by Crippen LogP contribution is 2.41. The lowest BCUT2D eigenvalue weighted by atomic mass is 9.90. The Balaban J connectivity index is 1.81. The summed E-state index contributed by atoms with van der Waals surface area (Å²) in [5.74, 6) is -4.31. The minimum Gasteiger partial charge on any atom is -0.497 e. The number of sulfonamides is 1. The van der Waals surface area contributed by atoms with Crippen LogP contribution in [0.15, 0.2) is 47.4 Å². The number of carbonyl (C=O) groups is 1. The smallest absolute Gasteiger partial charge is 0.313 e. The Labute approximate surface area is 240 Å². The van der Waals surface area contributed by atoms with Gasteiger partial charge in [0.15, 0.2) is 10.7 Å². The predicted molar refractivity (Wildman–Crippen MR) is 145 cm³/mol. The summed E-state index contributed by atoms with van der Waals surface area (Å²) in [6.07, 6.45) is 0.321. The van der Waals surface area contributed by atoms with Crippen LogP contribution >= 0.6 is 11.6 Å². The third-order valence-corrected chi connectivity index (χ3v) is 9.05. The van der Waals surface area contributed by atoms with Gasteiger partial charge in [-0.05, 0) is 37.6 Å². The molecular formula is C27H27ClF3N3O6S. The van der Waals surface area contributed by atoms with Crippen LogP contribution in [0.3, 0.4) is 0 Å². The molecule has 220 valence electrons. The van der Waals surface area contributed by atoms with E-state index < -0.39 is 61.3 Å². The molecule has 2 aromatic carbocycles. The molecule has 41 heavy (non-hydrogen) atoms. The molecular weight excluding hydrogens is 587 g/mol. The highest BCUT2D eigenvalue weighted by Gasteiger charge is 2.43. The van der Waals surface area contributed by atoms with Gasteiger partial charge in [-0.1, -0.05) is 17.7 Å². The number of methoxy groups -OCH3 is 3. The second-order valence-corrected chi connectivity index (χ2v) is 11.7. The number of nitrogens with zero attached hydrogens (tertiary/aromatic N) is 3. The molecule has 0 N–H and O–H groups in total. The Morgan fingerprint density at radius 1 is 1.12 bits per heavy atom. The Kier molecular flexibility index (Phi) is 8.59. The van der Waals surface area contributed by atoms with E-state index in [0.29, 0.717) is 16.5 Å². The maximum absolute atomic E-state index is 15.8. The van der Waals surface area contributed by atoms with Gasteiger partial charge < -0.3 is 19.1 Å². The number of carbonyl (C=O) groups excluding carboxylic acids is 1. The summed E-state index contributed by atoms with van der Waals surface area (Å²) < 4.78 is 89.3. The summed E-state index contributed by atoms with van der Waals surface area (Å²) in [7, 11) is -1.07. The van der Waals surface area contributed by atoms with Gasteiger partial charge >= 0.3 is 5.97 Å². The van der Waals surface area contributed by atoms with Gasteiger partial charge in [0.2, 0.25) is 5.95 Å². The number of hydrogen-bond donors (Lipinski definition) is 0. The molecule has 4 rings (SSSR count). The highest BCUT2D eigenvalue weighted by atomic mass is 35.5. The minimum absolute atomic E-state index is 0.0426. The second kappa shape index (κ2) is 11.6. The molecule has 9 nitrogen and oxygen atoms in total. The summed E-state index contributed by atoms with van der Waals surface area (Å²) in [6, 6.07) is 8.70. The molecule has 3 aromatic rings. The largest absolute Gasteiger partial charge is 0.497 e. The van der Waals surface area contributed by atoms with E-state index in [1.165, 1.54) is 56.6 Å². The van der Waals surface area contributed by atoms with Crippen molar-refractivity contribution in [3.8, 4) is 11.5 Å². The molecule has 1 fully saturated rings. The van der Waals surface area contributed by atoms with Crippen LogP contribution in [-0.4, -0.2) is 53.8 Å². The molecule has 14 heteroatoms. The van der Waals surface area contributed by atoms with E-state index in [0.717, 1.165) is 12.1 Å². The van der Waals surface area contributed by atoms with Crippen molar-refractivity contribution in [2.45, 2.75) is 24.8 Å². The van der Waals surface area contributed by atoms with E-state index in [4.69, 9.17) is 25.8 Å². The number of hydrogen-bond acceptors (Lipinski definition) is 8. The van der Waals surface area contributed by atoms with Crippen LogP contribution in [0, 0.1) is 23.0 Å². The van der Waals surface area contributed by atoms with E-state index in [1.807, 2.05) is 0 Å². The van der Waals surface area contributed by atoms with Crippen molar-refractivity contribution in [2.24, 2.45) is 5.41 Å². The minimum atomic E-state index is -5.08. The normalized spacial score (nSPS) is 16.9. The molecule has 0 saturated carbocycles. The van der Waals surface area contributed by atoms with Crippen LogP contribution < -0.4 is 18.7 Å². The fourth-order valence-corrected chi connectivity index (χ4v) is 6.52. The first-order chi connectivity index (χ1) is 19.4. The van der Waals surface area contributed by atoms with Crippen molar-refractivity contribution in [2.75, 3.05) is 43.6 Å². The zero-order valence-electron chi connectivity index (χ0n) is 22.6. The fraction of sp³-hybridized carbons (Fsp3) is 0.333. The summed E-state index contributed by atoms with van der Waals surface area (Å²) >= 11 is 6.29. The number of aromatic nitrogens is 1. The average molecular weight is 614 g/mol. The third-order valence-electron chi connectivity index (χ3n) is 6.90. The van der Waals surface area contributed by atoms with Crippen LogP contribution in [-0.2, 0) is 26.1 Å². The van der Waals surface area contributed by atoms with Gasteiger partial charge in [0.25, 0.3) is 10.0 Å². The number of anilines is 2. The predicted octanol–water partition coefficient (Wildman–Crippen LogP) is 4.95. The zero-order valence-corrected chi connectivity index (χ0v) is 24.2. The number of rotatable bonds is 9. The van der Waals surface area contributed by atoms with Crippen molar-refractivity contribution in [3.05, 3.63) is 70.6 Å². The van der Waals surface area contributed by atoms with Crippen LogP contribution in [0.4, 0.5) is 24.7 Å². The quantitative estimate of drug-likeness (QED) is 0.190. The summed E-state index contributed by atoms with van der Waals surface area (Å²) in [6.45, 7) is 1.37. The summed E-state index contributed by atoms with van der Waals surface area (Å²) in [5.41, 5.74) is -0.807. The molecule has 0 radical (unpaired) electrons. The van der Waals surface area contributed by atoms with E-state index in [9.17, 15) is 17.6 Å². The van der Waals surface area contributed by atoms with Gasteiger partial charge in [0, 0.05) is 30.8 Å². The molecule has 1 aliphatic heterocycles. The maximum atomic E-state index is 15.8. The fourth-order valence-electron chi connectivity index (χ4n) is 4.69. The topological polar surface area (TPSA) is 98.3 Å². The molecule has 2 heterocycles. The third kappa shape index (κ3) is 5.73. The van der Waals surface area contributed by atoms with Crippen LogP contribution in [0.1, 0.15) is 18.9 Å². The van der Waals surface area contributed by atoms with E-state index in [-0.39, 0.29) is 30.1 Å². The zero-order chi connectivity index (χ0) is 30.1. The Bertz CT molecular complexity index is 1590. The van der Waals surface area contributed by atoms with Gasteiger partial charge in [-0.2, -0.15) is 4.39 Å². The highest BCUT2D eigenvalue weighted by molar-refractivity contribution is 7.92. The van der Waals surface area contributed by atoms with Crippen molar-refractivity contribution < 1.29 is 40.6 Å². The molecule has 1 aromatic heterocycles. The molecule has 0 bridgehead atoms. The molecule has 1 atom stereocenters. The monoisotopic (exact) mass is 613 g/mol. The summed E-state index contributed by atoms with van der Waals surface area (Å²) in [5, 5.41) is -0.659. The van der Waals surface area contributed by atoms with Gasteiger partial charge in [-0.3, -0.25) is 4.79 Å². The molecule has 0 unspecified atom stereocenters. The SMILES string of the molecule is COC(=O)[C@]1(C)CCN(c2cc(F)c(S(=O)(=O)N(Cc3ccc(OC)cc3OC)c3cccc(F)n3)c(F)c2Cl)C1. The Morgan fingerprint density at radius 3 is 2.49 bits per heavy atom. The van der Waals surface area contributed by atoms with Gasteiger partial charge in [-0.15, -0.1) is 0 Å². The van der Waals surface area contributed by atoms with E-state index in [1.54, 1.807) is 6.92 Å². The number of esters is 1. The number of ether oxygens (including phenoxy) is 3. The van der Waals surface area contributed by atoms with Crippen molar-refractivity contribution in [1.29, 1.82) is 0 Å². The van der Waals surface area contributed by atoms with Crippen molar-refractivity contribution in [1.82, 2.24) is 4.98 Å². The van der Waals surface area contributed by atoms with Crippen LogP contribution in [0.5, 0.6) is 11.5 Å². The lowest BCUT2D eigenvalue weighted by Gasteiger charge is -2.27. The first kappa shape index (κ1) is 30.3. The van der Waals surface area contributed by atoms with E-state index >= 15 is 8.78 Å². The van der Waals surface area contributed by atoms with Gasteiger partial charge in [0.1, 0.15) is 28.2 Å². The Morgan fingerprint density at radius 2 is 1.85 bits per heavy atom. The number of pyridine rings is 1. The Hall–Kier alpha value is -3.71. The van der Waals surface area contributed by atoms with Crippen molar-refractivity contribution in [3.63, 3.8) is 0 Å². The summed E-state index contributed by atoms with van der Waals surface area (Å²) in [4.78, 5) is 16.0. The molecule has 1 aliphatic rings. The number of benzene rings is 2. The molecule has 0 amide bonds. The lowest BCUT2D eigenvalue weighted by molar-refractivity contribution is -0.150. The number of halogens is 4. The first-order valence-electron chi connectivity index (χ1n) is 12.2. The lowest BCUT2D eigenvalue weighted by Crippen LogP contribution is -2.34. The van der Waals surface area contributed by atoms with Crippen LogP contribution in [0.2, 0.25) is 5.02 Å². The van der Waals surface area contributed by atoms with Crippen LogP contribution in [0.25, 0.3) is 0 Å². The first-order valence-corrected chi connectivity index (χ1v) is 14.0. The van der Waals surface area contributed by atoms with Gasteiger partial charge in [0.05, 0.1) is 39.0 Å². The standard InChI is InChI=1S/C27H27ClF3N3O6S/c1-27(26(35)40-4)10-11-33(15-27)19-13-18(29)25(24(31)23(19)28)41(36,37)34(22-7-5-6-21(30)32-22)14-16-8-9-17(38-2)12-20(16)39-3/h5-9,12-13H,10-11,14-15H2,1-4H3/t27-/m1/s1. The molecule has 1 saturated heterocycles. The second-order valence-electron chi connectivity index (χ2n) is 9.57. The van der Waals surface area contributed by atoms with Gasteiger partial charge in [-0.25, -0.2) is 26.5 Å². The van der Waals surface area contributed by atoms with E-state index in [2.05, 4.69) is 4.98 Å².